The number of nitrogens with one attached hydrogen (secondary N) is 1. The Balaban J connectivity index is 2.61. The minimum absolute atomic E-state index is 0.130. The molecule has 0 aromatic heterocycles. The van der Waals surface area contributed by atoms with Gasteiger partial charge in [0.05, 0.1) is 12.7 Å². The van der Waals surface area contributed by atoms with Crippen LogP contribution in [0.25, 0.3) is 0 Å². The smallest absolute Gasteiger partial charge is 0.237 e. The highest BCUT2D eigenvalue weighted by Crippen LogP contribution is 2.08. The highest BCUT2D eigenvalue weighted by molar-refractivity contribution is 5.81. The minimum Gasteiger partial charge on any atom is -0.394 e. The highest BCUT2D eigenvalue weighted by Gasteiger charge is 2.19. The molecule has 4 heteroatoms. The molecule has 0 saturated carbocycles. The molecule has 0 fully saturated rings. The Morgan fingerprint density at radius 3 is 2.65 bits per heavy atom. The Labute approximate surface area is 101 Å². The van der Waals surface area contributed by atoms with Gasteiger partial charge in [-0.2, -0.15) is 5.26 Å². The van der Waals surface area contributed by atoms with Gasteiger partial charge in [-0.25, -0.2) is 0 Å². The number of carbonyl (C=O) groups is 1. The van der Waals surface area contributed by atoms with Crippen LogP contribution >= 0.6 is 0 Å². The average molecular weight is 232 g/mol. The molecule has 0 aliphatic heterocycles. The first-order valence-corrected chi connectivity index (χ1v) is 5.52. The van der Waals surface area contributed by atoms with Crippen LogP contribution in [0, 0.1) is 17.2 Å². The van der Waals surface area contributed by atoms with Crippen LogP contribution in [0.1, 0.15) is 12.5 Å². The number of nitrogens with zero attached hydrogens (tertiary/aromatic N) is 1. The third-order valence-corrected chi connectivity index (χ3v) is 2.42. The molecule has 2 N–H and O–H groups in total. The molecule has 2 atom stereocenters. The lowest BCUT2D eigenvalue weighted by Crippen LogP contribution is -2.39. The Hall–Kier alpha value is -1.86. The van der Waals surface area contributed by atoms with Crippen LogP contribution in [-0.4, -0.2) is 23.7 Å². The fraction of sp³-hybridized carbons (Fsp3) is 0.385. The Morgan fingerprint density at radius 1 is 1.47 bits per heavy atom. The average Bonchev–Trinajstić information content (AvgIpc) is 2.36. The first kappa shape index (κ1) is 13.2. The summed E-state index contributed by atoms with van der Waals surface area (Å²) in [6.07, 6.45) is 0.390. The first-order valence-electron chi connectivity index (χ1n) is 5.52. The molecule has 4 nitrogen and oxygen atoms in total. The molecule has 1 aromatic rings. The molecule has 0 aliphatic rings. The van der Waals surface area contributed by atoms with Crippen molar-refractivity contribution in [2.45, 2.75) is 19.4 Å². The van der Waals surface area contributed by atoms with E-state index in [1.165, 1.54) is 0 Å². The second-order valence-corrected chi connectivity index (χ2v) is 3.96. The maximum atomic E-state index is 11.7. The fourth-order valence-electron chi connectivity index (χ4n) is 1.44. The monoisotopic (exact) mass is 232 g/mol. The van der Waals surface area contributed by atoms with Gasteiger partial charge in [0.15, 0.2) is 0 Å². The van der Waals surface area contributed by atoms with Crippen molar-refractivity contribution in [3.05, 3.63) is 35.9 Å². The van der Waals surface area contributed by atoms with E-state index >= 15 is 0 Å². The maximum Gasteiger partial charge on any atom is 0.237 e. The van der Waals surface area contributed by atoms with E-state index in [2.05, 4.69) is 5.32 Å². The molecule has 0 spiro atoms. The Bertz CT molecular complexity index is 398. The van der Waals surface area contributed by atoms with Crippen molar-refractivity contribution in [2.75, 3.05) is 6.61 Å². The van der Waals surface area contributed by atoms with Gasteiger partial charge in [-0.3, -0.25) is 4.79 Å². The topological polar surface area (TPSA) is 73.1 Å². The number of hydrogen-bond acceptors (Lipinski definition) is 3. The van der Waals surface area contributed by atoms with E-state index in [0.29, 0.717) is 6.42 Å². The molecule has 1 rings (SSSR count). The molecule has 1 amide bonds. The zero-order valence-corrected chi connectivity index (χ0v) is 9.76. The zero-order chi connectivity index (χ0) is 12.7. The third-order valence-electron chi connectivity index (χ3n) is 2.42. The molecule has 0 heterocycles. The van der Waals surface area contributed by atoms with Crippen molar-refractivity contribution in [1.29, 1.82) is 5.26 Å². The Kier molecular flexibility index (Phi) is 5.18. The van der Waals surface area contributed by atoms with Crippen molar-refractivity contribution >= 4 is 5.91 Å². The summed E-state index contributed by atoms with van der Waals surface area (Å²) in [5.41, 5.74) is 0.950. The van der Waals surface area contributed by atoms with Crippen LogP contribution in [0.15, 0.2) is 30.3 Å². The molecule has 0 radical (unpaired) electrons. The molecule has 17 heavy (non-hydrogen) atoms. The van der Waals surface area contributed by atoms with Gasteiger partial charge in [0.1, 0.15) is 5.92 Å². The van der Waals surface area contributed by atoms with Crippen LogP contribution < -0.4 is 5.32 Å². The second kappa shape index (κ2) is 6.66. The molecule has 1 aromatic carbocycles. The van der Waals surface area contributed by atoms with Crippen molar-refractivity contribution < 1.29 is 9.90 Å². The van der Waals surface area contributed by atoms with Crippen molar-refractivity contribution in [2.24, 2.45) is 5.92 Å². The normalized spacial score (nSPS) is 13.5. The number of carbonyl (C=O) groups excluding carboxylic acids is 1. The molecule has 0 saturated heterocycles. The summed E-state index contributed by atoms with van der Waals surface area (Å²) in [6.45, 7) is 1.56. The van der Waals surface area contributed by atoms with E-state index < -0.39 is 5.92 Å². The van der Waals surface area contributed by atoms with Crippen LogP contribution in [-0.2, 0) is 11.2 Å². The summed E-state index contributed by atoms with van der Waals surface area (Å²) in [6, 6.07) is 11.1. The Morgan fingerprint density at radius 2 is 2.12 bits per heavy atom. The van der Waals surface area contributed by atoms with Gasteiger partial charge in [0.2, 0.25) is 5.91 Å². The van der Waals surface area contributed by atoms with Crippen LogP contribution in [0.2, 0.25) is 0 Å². The second-order valence-electron chi connectivity index (χ2n) is 3.96. The summed E-state index contributed by atoms with van der Waals surface area (Å²) in [5, 5.41) is 20.4. The first-order chi connectivity index (χ1) is 8.17. The summed E-state index contributed by atoms with van der Waals surface area (Å²) in [4.78, 5) is 11.7. The maximum absolute atomic E-state index is 11.7. The summed E-state index contributed by atoms with van der Waals surface area (Å²) < 4.78 is 0. The standard InChI is InChI=1S/C13H16N2O2/c1-10(9-16)15-13(17)12(8-14)7-11-5-3-2-4-6-11/h2-6,10,12,16H,7,9H2,1H3,(H,15,17)/t10-,12?/m1/s1. The van der Waals surface area contributed by atoms with Gasteiger partial charge in [-0.1, -0.05) is 30.3 Å². The van der Waals surface area contributed by atoms with Gasteiger partial charge >= 0.3 is 0 Å². The van der Waals surface area contributed by atoms with E-state index in [1.807, 2.05) is 36.4 Å². The molecule has 1 unspecified atom stereocenters. The zero-order valence-electron chi connectivity index (χ0n) is 9.76. The molecular weight excluding hydrogens is 216 g/mol. The molecule has 0 bridgehead atoms. The quantitative estimate of drug-likeness (QED) is 0.791. The fourth-order valence-corrected chi connectivity index (χ4v) is 1.44. The predicted molar refractivity (Wildman–Crippen MR) is 63.9 cm³/mol. The van der Waals surface area contributed by atoms with Gasteiger partial charge < -0.3 is 10.4 Å². The van der Waals surface area contributed by atoms with Gasteiger partial charge in [0, 0.05) is 6.04 Å². The van der Waals surface area contributed by atoms with Crippen LogP contribution in [0.3, 0.4) is 0 Å². The number of aliphatic hydroxyl groups is 1. The number of aliphatic hydroxyl groups excluding tert-OH is 1. The third kappa shape index (κ3) is 4.25. The van der Waals surface area contributed by atoms with Gasteiger partial charge in [0.25, 0.3) is 0 Å². The van der Waals surface area contributed by atoms with Crippen molar-refractivity contribution in [3.63, 3.8) is 0 Å². The van der Waals surface area contributed by atoms with Crippen LogP contribution in [0.5, 0.6) is 0 Å². The van der Waals surface area contributed by atoms with E-state index in [-0.39, 0.29) is 18.6 Å². The number of benzene rings is 1. The number of nitriles is 1. The number of amides is 1. The van der Waals surface area contributed by atoms with Gasteiger partial charge in [-0.15, -0.1) is 0 Å². The van der Waals surface area contributed by atoms with Gasteiger partial charge in [-0.05, 0) is 18.9 Å². The van der Waals surface area contributed by atoms with E-state index in [0.717, 1.165) is 5.56 Å². The summed E-state index contributed by atoms with van der Waals surface area (Å²) >= 11 is 0. The van der Waals surface area contributed by atoms with E-state index in [9.17, 15) is 4.79 Å². The van der Waals surface area contributed by atoms with Crippen LogP contribution in [0.4, 0.5) is 0 Å². The lowest BCUT2D eigenvalue weighted by atomic mass is 9.99. The minimum atomic E-state index is -0.716. The lowest BCUT2D eigenvalue weighted by Gasteiger charge is -2.14. The number of hydrogen-bond donors (Lipinski definition) is 2. The largest absolute Gasteiger partial charge is 0.394 e. The predicted octanol–water partition coefficient (Wildman–Crippen LogP) is 0.866. The molecular formula is C13H16N2O2. The van der Waals surface area contributed by atoms with Crippen molar-refractivity contribution in [3.8, 4) is 6.07 Å². The number of rotatable bonds is 5. The summed E-state index contributed by atoms with van der Waals surface area (Å²) in [7, 11) is 0. The van der Waals surface area contributed by atoms with E-state index in [4.69, 9.17) is 10.4 Å². The highest BCUT2D eigenvalue weighted by atomic mass is 16.3. The summed E-state index contributed by atoms with van der Waals surface area (Å²) in [5.74, 6) is -1.05. The SMILES string of the molecule is C[C@H](CO)NC(=O)C(C#N)Cc1ccccc1. The molecule has 90 valence electrons. The van der Waals surface area contributed by atoms with E-state index in [1.54, 1.807) is 6.92 Å². The van der Waals surface area contributed by atoms with Crippen molar-refractivity contribution in [1.82, 2.24) is 5.32 Å². The lowest BCUT2D eigenvalue weighted by molar-refractivity contribution is -0.124. The molecule has 0 aliphatic carbocycles.